The Balaban J connectivity index is 1.86. The molecule has 1 saturated heterocycles. The first-order chi connectivity index (χ1) is 9.15. The lowest BCUT2D eigenvalue weighted by Crippen LogP contribution is -2.33. The van der Waals surface area contributed by atoms with Gasteiger partial charge in [0.1, 0.15) is 12.4 Å². The Hall–Kier alpha value is -1.82. The largest absolute Gasteiger partial charge is 0.492 e. The van der Waals surface area contributed by atoms with Crippen molar-refractivity contribution in [3.05, 3.63) is 28.3 Å². The van der Waals surface area contributed by atoms with Crippen LogP contribution < -0.4 is 10.5 Å². The van der Waals surface area contributed by atoms with E-state index in [1.54, 1.807) is 6.07 Å². The lowest BCUT2D eigenvalue weighted by molar-refractivity contribution is -0.384. The Morgan fingerprint density at radius 1 is 1.26 bits per heavy atom. The average molecular weight is 265 g/mol. The topological polar surface area (TPSA) is 81.6 Å². The average Bonchev–Trinajstić information content (AvgIpc) is 2.39. The summed E-state index contributed by atoms with van der Waals surface area (Å²) in [6, 6.07) is 4.35. The Kier molecular flexibility index (Phi) is 4.57. The Labute approximate surface area is 112 Å². The molecular weight excluding hydrogens is 246 g/mol. The van der Waals surface area contributed by atoms with Gasteiger partial charge in [-0.1, -0.05) is 6.42 Å². The third-order valence-corrected chi connectivity index (χ3v) is 3.25. The highest BCUT2D eigenvalue weighted by atomic mass is 16.6. The third-order valence-electron chi connectivity index (χ3n) is 3.25. The van der Waals surface area contributed by atoms with Gasteiger partial charge < -0.3 is 10.5 Å². The molecule has 2 rings (SSSR count). The van der Waals surface area contributed by atoms with Gasteiger partial charge in [-0.15, -0.1) is 0 Å². The molecule has 0 aliphatic carbocycles. The second kappa shape index (κ2) is 6.38. The molecule has 0 saturated carbocycles. The molecule has 104 valence electrons. The summed E-state index contributed by atoms with van der Waals surface area (Å²) in [6.07, 6.45) is 3.78. The summed E-state index contributed by atoms with van der Waals surface area (Å²) in [5, 5.41) is 10.7. The van der Waals surface area contributed by atoms with Crippen LogP contribution in [0.4, 0.5) is 11.4 Å². The number of rotatable bonds is 5. The summed E-state index contributed by atoms with van der Waals surface area (Å²) >= 11 is 0. The molecule has 0 amide bonds. The van der Waals surface area contributed by atoms with Crippen LogP contribution in [0.25, 0.3) is 0 Å². The lowest BCUT2D eigenvalue weighted by atomic mass is 10.1. The zero-order valence-corrected chi connectivity index (χ0v) is 10.9. The number of piperidine rings is 1. The molecule has 1 fully saturated rings. The van der Waals surface area contributed by atoms with Crippen molar-refractivity contribution in [1.82, 2.24) is 4.90 Å². The number of nitro benzene ring substituents is 1. The standard InChI is InChI=1S/C13H19N3O3/c14-11-8-12(16(17)18)10-13(9-11)19-7-6-15-4-2-1-3-5-15/h8-10H,1-7,14H2. The second-order valence-corrected chi connectivity index (χ2v) is 4.77. The summed E-state index contributed by atoms with van der Waals surface area (Å²) in [6.45, 7) is 3.60. The molecule has 0 bridgehead atoms. The highest BCUT2D eigenvalue weighted by Crippen LogP contribution is 2.24. The first kappa shape index (κ1) is 13.6. The third kappa shape index (κ3) is 4.10. The maximum Gasteiger partial charge on any atom is 0.275 e. The van der Waals surface area contributed by atoms with Crippen LogP contribution in [0.1, 0.15) is 19.3 Å². The number of non-ortho nitro benzene ring substituents is 1. The number of likely N-dealkylation sites (tertiary alicyclic amines) is 1. The number of nitro groups is 1. The minimum absolute atomic E-state index is 0.0343. The molecule has 1 aliphatic heterocycles. The fourth-order valence-electron chi connectivity index (χ4n) is 2.27. The molecule has 0 aromatic heterocycles. The van der Waals surface area contributed by atoms with E-state index in [0.29, 0.717) is 18.0 Å². The van der Waals surface area contributed by atoms with Crippen LogP contribution in [0, 0.1) is 10.1 Å². The molecule has 0 spiro atoms. The number of nitrogens with two attached hydrogens (primary N) is 1. The first-order valence-corrected chi connectivity index (χ1v) is 6.55. The SMILES string of the molecule is Nc1cc(OCCN2CCCCC2)cc([N+](=O)[O-])c1. The molecule has 0 unspecified atom stereocenters. The van der Waals surface area contributed by atoms with Gasteiger partial charge in [-0.05, 0) is 25.9 Å². The van der Waals surface area contributed by atoms with Gasteiger partial charge in [0.2, 0.25) is 0 Å². The molecule has 1 aromatic rings. The molecule has 0 radical (unpaired) electrons. The zero-order valence-electron chi connectivity index (χ0n) is 10.9. The Morgan fingerprint density at radius 3 is 2.68 bits per heavy atom. The van der Waals surface area contributed by atoms with Crippen molar-refractivity contribution >= 4 is 11.4 Å². The molecule has 0 atom stereocenters. The van der Waals surface area contributed by atoms with Crippen molar-refractivity contribution in [1.29, 1.82) is 0 Å². The van der Waals surface area contributed by atoms with Gasteiger partial charge in [-0.2, -0.15) is 0 Å². The molecule has 1 heterocycles. The highest BCUT2D eigenvalue weighted by molar-refractivity contribution is 5.53. The molecule has 1 aliphatic rings. The Bertz CT molecular complexity index is 445. The Morgan fingerprint density at radius 2 is 2.00 bits per heavy atom. The maximum absolute atomic E-state index is 10.7. The van der Waals surface area contributed by atoms with E-state index < -0.39 is 4.92 Å². The van der Waals surface area contributed by atoms with Crippen LogP contribution in [-0.2, 0) is 0 Å². The van der Waals surface area contributed by atoms with E-state index in [2.05, 4.69) is 4.90 Å². The van der Waals surface area contributed by atoms with Crippen LogP contribution in [0.15, 0.2) is 18.2 Å². The van der Waals surface area contributed by atoms with Crippen molar-refractivity contribution in [3.8, 4) is 5.75 Å². The molecule has 2 N–H and O–H groups in total. The minimum atomic E-state index is -0.464. The van der Waals surface area contributed by atoms with E-state index >= 15 is 0 Å². The maximum atomic E-state index is 10.7. The summed E-state index contributed by atoms with van der Waals surface area (Å²) in [5.74, 6) is 0.462. The normalized spacial score (nSPS) is 16.2. The van der Waals surface area contributed by atoms with Gasteiger partial charge in [0.05, 0.1) is 11.0 Å². The van der Waals surface area contributed by atoms with Crippen molar-refractivity contribution < 1.29 is 9.66 Å². The zero-order chi connectivity index (χ0) is 13.7. The van der Waals surface area contributed by atoms with Crippen molar-refractivity contribution in [2.75, 3.05) is 32.0 Å². The van der Waals surface area contributed by atoms with E-state index in [-0.39, 0.29) is 5.69 Å². The summed E-state index contributed by atoms with van der Waals surface area (Å²) < 4.78 is 5.55. The monoisotopic (exact) mass is 265 g/mol. The predicted octanol–water partition coefficient (Wildman–Crippen LogP) is 2.04. The molecule has 19 heavy (non-hydrogen) atoms. The van der Waals surface area contributed by atoms with Crippen LogP contribution in [0.5, 0.6) is 5.75 Å². The number of nitrogens with zero attached hydrogens (tertiary/aromatic N) is 2. The fraction of sp³-hybridized carbons (Fsp3) is 0.538. The molecular formula is C13H19N3O3. The number of nitrogen functional groups attached to an aromatic ring is 1. The number of hydrogen-bond donors (Lipinski definition) is 1. The summed E-state index contributed by atoms with van der Waals surface area (Å²) in [5.41, 5.74) is 5.93. The van der Waals surface area contributed by atoms with Crippen LogP contribution in [-0.4, -0.2) is 36.1 Å². The number of hydrogen-bond acceptors (Lipinski definition) is 5. The van der Waals surface area contributed by atoms with E-state index in [9.17, 15) is 10.1 Å². The quantitative estimate of drug-likeness (QED) is 0.500. The lowest BCUT2D eigenvalue weighted by Gasteiger charge is -2.26. The van der Waals surface area contributed by atoms with E-state index in [1.807, 2.05) is 0 Å². The van der Waals surface area contributed by atoms with Crippen molar-refractivity contribution in [2.45, 2.75) is 19.3 Å². The second-order valence-electron chi connectivity index (χ2n) is 4.77. The number of ether oxygens (including phenoxy) is 1. The van der Waals surface area contributed by atoms with Gasteiger partial charge in [-0.25, -0.2) is 0 Å². The highest BCUT2D eigenvalue weighted by Gasteiger charge is 2.11. The van der Waals surface area contributed by atoms with Gasteiger partial charge in [0.15, 0.2) is 0 Å². The van der Waals surface area contributed by atoms with Gasteiger partial charge in [0, 0.05) is 24.4 Å². The van der Waals surface area contributed by atoms with Gasteiger partial charge in [0.25, 0.3) is 5.69 Å². The molecule has 6 nitrogen and oxygen atoms in total. The minimum Gasteiger partial charge on any atom is -0.492 e. The van der Waals surface area contributed by atoms with Crippen LogP contribution >= 0.6 is 0 Å². The molecule has 6 heteroatoms. The first-order valence-electron chi connectivity index (χ1n) is 6.55. The number of benzene rings is 1. The summed E-state index contributed by atoms with van der Waals surface area (Å²) in [4.78, 5) is 12.6. The van der Waals surface area contributed by atoms with Crippen molar-refractivity contribution in [3.63, 3.8) is 0 Å². The van der Waals surface area contributed by atoms with Gasteiger partial charge >= 0.3 is 0 Å². The smallest absolute Gasteiger partial charge is 0.275 e. The molecule has 1 aromatic carbocycles. The van der Waals surface area contributed by atoms with E-state index in [1.165, 1.54) is 31.4 Å². The van der Waals surface area contributed by atoms with Gasteiger partial charge in [-0.3, -0.25) is 15.0 Å². The van der Waals surface area contributed by atoms with Crippen LogP contribution in [0.3, 0.4) is 0 Å². The summed E-state index contributed by atoms with van der Waals surface area (Å²) in [7, 11) is 0. The van der Waals surface area contributed by atoms with E-state index in [0.717, 1.165) is 19.6 Å². The number of anilines is 1. The predicted molar refractivity (Wildman–Crippen MR) is 73.3 cm³/mol. The fourth-order valence-corrected chi connectivity index (χ4v) is 2.27. The van der Waals surface area contributed by atoms with Crippen LogP contribution in [0.2, 0.25) is 0 Å². The van der Waals surface area contributed by atoms with Crippen molar-refractivity contribution in [2.24, 2.45) is 0 Å². The van der Waals surface area contributed by atoms with E-state index in [4.69, 9.17) is 10.5 Å².